The fraction of sp³-hybridized carbons (Fsp3) is 0.115. The number of hydrogen-bond acceptors (Lipinski definition) is 6. The minimum Gasteiger partial charge on any atom is -0.486 e. The van der Waals surface area contributed by atoms with Gasteiger partial charge >= 0.3 is 0 Å². The van der Waals surface area contributed by atoms with Crippen molar-refractivity contribution in [1.82, 2.24) is 10.2 Å². The van der Waals surface area contributed by atoms with Crippen molar-refractivity contribution in [2.75, 3.05) is 23.8 Å². The largest absolute Gasteiger partial charge is 0.486 e. The number of hydrogen-bond donors (Lipinski definition) is 2. The van der Waals surface area contributed by atoms with E-state index in [4.69, 9.17) is 9.47 Å². The highest BCUT2D eigenvalue weighted by molar-refractivity contribution is 6.05. The van der Waals surface area contributed by atoms with E-state index in [0.29, 0.717) is 54.0 Å². The number of nitrogens with one attached hydrogen (secondary N) is 2. The molecule has 0 saturated carbocycles. The number of ether oxygens (including phenoxy) is 2. The summed E-state index contributed by atoms with van der Waals surface area (Å²) in [6.07, 6.45) is 0. The Labute approximate surface area is 191 Å². The molecule has 0 radical (unpaired) electrons. The monoisotopic (exact) mass is 438 g/mol. The van der Waals surface area contributed by atoms with Crippen LogP contribution in [0.4, 0.5) is 11.5 Å². The van der Waals surface area contributed by atoms with Gasteiger partial charge in [-0.05, 0) is 42.0 Å². The normalized spacial score (nSPS) is 12.1. The van der Waals surface area contributed by atoms with E-state index < -0.39 is 0 Å². The lowest BCUT2D eigenvalue weighted by molar-refractivity contribution is 0.102. The second-order valence-electron chi connectivity index (χ2n) is 7.54. The molecule has 0 spiro atoms. The number of aromatic nitrogens is 2. The molecule has 0 saturated heterocycles. The van der Waals surface area contributed by atoms with Crippen molar-refractivity contribution in [2.24, 2.45) is 0 Å². The molecule has 7 heteroatoms. The van der Waals surface area contributed by atoms with Crippen LogP contribution in [0.15, 0.2) is 84.9 Å². The Morgan fingerprint density at radius 1 is 0.818 bits per heavy atom. The van der Waals surface area contributed by atoms with Gasteiger partial charge in [0.05, 0.1) is 5.69 Å². The third-order valence-corrected chi connectivity index (χ3v) is 5.20. The Morgan fingerprint density at radius 2 is 1.67 bits per heavy atom. The van der Waals surface area contributed by atoms with Crippen molar-refractivity contribution >= 4 is 17.4 Å². The topological polar surface area (TPSA) is 85.4 Å². The van der Waals surface area contributed by atoms with E-state index >= 15 is 0 Å². The molecule has 1 amide bonds. The summed E-state index contributed by atoms with van der Waals surface area (Å²) in [6.45, 7) is 1.69. The summed E-state index contributed by atoms with van der Waals surface area (Å²) in [7, 11) is 0. The van der Waals surface area contributed by atoms with E-state index in [2.05, 4.69) is 33.0 Å². The highest BCUT2D eigenvalue weighted by Gasteiger charge is 2.14. The smallest absolute Gasteiger partial charge is 0.255 e. The molecule has 0 atom stereocenters. The molecule has 1 aliphatic heterocycles. The van der Waals surface area contributed by atoms with Gasteiger partial charge < -0.3 is 20.1 Å². The highest BCUT2D eigenvalue weighted by atomic mass is 16.6. The van der Waals surface area contributed by atoms with E-state index in [1.165, 1.54) is 5.56 Å². The number of carbonyl (C=O) groups excluding carboxylic acids is 1. The van der Waals surface area contributed by atoms with Gasteiger partial charge in [0.25, 0.3) is 5.91 Å². The van der Waals surface area contributed by atoms with Crippen LogP contribution in [0.3, 0.4) is 0 Å². The minimum atomic E-state index is -0.220. The Bertz CT molecular complexity index is 1260. The number of benzene rings is 3. The van der Waals surface area contributed by atoms with E-state index in [-0.39, 0.29) is 5.91 Å². The van der Waals surface area contributed by atoms with Crippen LogP contribution >= 0.6 is 0 Å². The highest BCUT2D eigenvalue weighted by Crippen LogP contribution is 2.32. The van der Waals surface area contributed by atoms with Crippen molar-refractivity contribution in [3.63, 3.8) is 0 Å². The number of rotatable bonds is 6. The second kappa shape index (κ2) is 9.40. The zero-order valence-electron chi connectivity index (χ0n) is 17.8. The predicted molar refractivity (Wildman–Crippen MR) is 127 cm³/mol. The molecule has 0 bridgehead atoms. The average molecular weight is 438 g/mol. The number of amides is 1. The van der Waals surface area contributed by atoms with Crippen LogP contribution in [0.25, 0.3) is 11.3 Å². The number of anilines is 2. The lowest BCUT2D eigenvalue weighted by atomic mass is 10.1. The Morgan fingerprint density at radius 3 is 2.48 bits per heavy atom. The van der Waals surface area contributed by atoms with Crippen LogP contribution in [0.1, 0.15) is 15.9 Å². The zero-order chi connectivity index (χ0) is 22.5. The molecule has 0 unspecified atom stereocenters. The SMILES string of the molecule is O=C(Nc1ccc2c(c1)OCCO2)c1cccc(-c2ccc(NCc3ccccc3)nn2)c1. The molecule has 1 aromatic heterocycles. The molecule has 2 N–H and O–H groups in total. The van der Waals surface area contributed by atoms with Gasteiger partial charge in [-0.15, -0.1) is 10.2 Å². The molecular weight excluding hydrogens is 416 g/mol. The van der Waals surface area contributed by atoms with Crippen LogP contribution in [0.2, 0.25) is 0 Å². The Hall–Kier alpha value is -4.39. The maximum Gasteiger partial charge on any atom is 0.255 e. The first-order valence-corrected chi connectivity index (χ1v) is 10.7. The summed E-state index contributed by atoms with van der Waals surface area (Å²) in [4.78, 5) is 12.8. The van der Waals surface area contributed by atoms with Gasteiger partial charge in [0.1, 0.15) is 19.0 Å². The van der Waals surface area contributed by atoms with Crippen LogP contribution in [0, 0.1) is 0 Å². The van der Waals surface area contributed by atoms with Crippen molar-refractivity contribution in [3.05, 3.63) is 96.1 Å². The van der Waals surface area contributed by atoms with Crippen LogP contribution in [0.5, 0.6) is 11.5 Å². The summed E-state index contributed by atoms with van der Waals surface area (Å²) in [5.41, 5.74) is 3.83. The number of nitrogens with zero attached hydrogens (tertiary/aromatic N) is 2. The summed E-state index contributed by atoms with van der Waals surface area (Å²) in [5, 5.41) is 14.8. The molecule has 2 heterocycles. The molecule has 1 aliphatic rings. The fourth-order valence-electron chi connectivity index (χ4n) is 3.51. The number of carbonyl (C=O) groups is 1. The second-order valence-corrected chi connectivity index (χ2v) is 7.54. The maximum absolute atomic E-state index is 12.8. The van der Waals surface area contributed by atoms with Gasteiger partial charge in [-0.25, -0.2) is 0 Å². The van der Waals surface area contributed by atoms with Gasteiger partial charge in [0.15, 0.2) is 11.5 Å². The van der Waals surface area contributed by atoms with E-state index in [1.54, 1.807) is 30.3 Å². The molecule has 0 aliphatic carbocycles. The van der Waals surface area contributed by atoms with Gasteiger partial charge in [0, 0.05) is 29.4 Å². The standard InChI is InChI=1S/C26H22N4O3/c31-26(28-21-9-11-23-24(16-21)33-14-13-32-23)20-8-4-7-19(15-20)22-10-12-25(30-29-22)27-17-18-5-2-1-3-6-18/h1-12,15-16H,13-14,17H2,(H,27,30)(H,28,31). The third-order valence-electron chi connectivity index (χ3n) is 5.20. The van der Waals surface area contributed by atoms with E-state index in [9.17, 15) is 4.79 Å². The fourth-order valence-corrected chi connectivity index (χ4v) is 3.51. The maximum atomic E-state index is 12.8. The first-order valence-electron chi connectivity index (χ1n) is 10.7. The first kappa shape index (κ1) is 20.5. The lowest BCUT2D eigenvalue weighted by Gasteiger charge is -2.19. The Kier molecular flexibility index (Phi) is 5.84. The zero-order valence-corrected chi connectivity index (χ0v) is 17.8. The Balaban J connectivity index is 1.26. The molecule has 4 aromatic rings. The molecule has 164 valence electrons. The molecule has 7 nitrogen and oxygen atoms in total. The van der Waals surface area contributed by atoms with Crippen LogP contribution < -0.4 is 20.1 Å². The van der Waals surface area contributed by atoms with Crippen molar-refractivity contribution in [1.29, 1.82) is 0 Å². The molecule has 3 aromatic carbocycles. The van der Waals surface area contributed by atoms with Gasteiger partial charge in [-0.1, -0.05) is 42.5 Å². The van der Waals surface area contributed by atoms with Crippen LogP contribution in [-0.2, 0) is 6.54 Å². The van der Waals surface area contributed by atoms with Gasteiger partial charge in [-0.2, -0.15) is 0 Å². The van der Waals surface area contributed by atoms with Crippen molar-refractivity contribution in [3.8, 4) is 22.8 Å². The van der Waals surface area contributed by atoms with Crippen molar-refractivity contribution in [2.45, 2.75) is 6.54 Å². The van der Waals surface area contributed by atoms with E-state index in [0.717, 1.165) is 5.56 Å². The summed E-state index contributed by atoms with van der Waals surface area (Å²) in [5.74, 6) is 1.78. The minimum absolute atomic E-state index is 0.220. The van der Waals surface area contributed by atoms with Gasteiger partial charge in [-0.3, -0.25) is 4.79 Å². The van der Waals surface area contributed by atoms with Crippen molar-refractivity contribution < 1.29 is 14.3 Å². The molecule has 5 rings (SSSR count). The predicted octanol–water partition coefficient (Wildman–Crippen LogP) is 4.78. The summed E-state index contributed by atoms with van der Waals surface area (Å²) < 4.78 is 11.1. The quantitative estimate of drug-likeness (QED) is 0.451. The molecule has 33 heavy (non-hydrogen) atoms. The van der Waals surface area contributed by atoms with E-state index in [1.807, 2.05) is 42.5 Å². The van der Waals surface area contributed by atoms with Gasteiger partial charge in [0.2, 0.25) is 0 Å². The third kappa shape index (κ3) is 4.93. The summed E-state index contributed by atoms with van der Waals surface area (Å²) >= 11 is 0. The lowest BCUT2D eigenvalue weighted by Crippen LogP contribution is -2.16. The van der Waals surface area contributed by atoms with Crippen LogP contribution in [-0.4, -0.2) is 29.3 Å². The molecule has 0 fully saturated rings. The average Bonchev–Trinajstić information content (AvgIpc) is 2.88. The first-order chi connectivity index (χ1) is 16.2. The summed E-state index contributed by atoms with van der Waals surface area (Å²) in [6, 6.07) is 26.5. The number of fused-ring (bicyclic) bond motifs is 1. The molecular formula is C26H22N4O3.